The molecular formula is C34H29NO5. The number of rotatable bonds is 10. The van der Waals surface area contributed by atoms with Crippen molar-refractivity contribution in [2.24, 2.45) is 0 Å². The van der Waals surface area contributed by atoms with Gasteiger partial charge in [0, 0.05) is 5.56 Å². The molecule has 6 nitrogen and oxygen atoms in total. The Morgan fingerprint density at radius 2 is 1.40 bits per heavy atom. The van der Waals surface area contributed by atoms with E-state index in [9.17, 15) is 9.59 Å². The molecule has 0 unspecified atom stereocenters. The first-order valence-electron chi connectivity index (χ1n) is 13.0. The fourth-order valence-electron chi connectivity index (χ4n) is 4.59. The summed E-state index contributed by atoms with van der Waals surface area (Å²) in [5.41, 5.74) is 2.39. The number of amides is 1. The van der Waals surface area contributed by atoms with Crippen LogP contribution >= 0.6 is 0 Å². The van der Waals surface area contributed by atoms with Crippen LogP contribution in [0.4, 0.5) is 0 Å². The molecule has 0 saturated carbocycles. The molecule has 0 aliphatic heterocycles. The van der Waals surface area contributed by atoms with Crippen molar-refractivity contribution < 1.29 is 23.8 Å². The second kappa shape index (κ2) is 12.6. The van der Waals surface area contributed by atoms with Gasteiger partial charge in [-0.3, -0.25) is 4.79 Å². The summed E-state index contributed by atoms with van der Waals surface area (Å²) in [4.78, 5) is 26.3. The summed E-state index contributed by atoms with van der Waals surface area (Å²) in [5.74, 6) is 0.901. The van der Waals surface area contributed by atoms with Gasteiger partial charge in [-0.15, -0.1) is 0 Å². The molecule has 0 aliphatic rings. The normalized spacial score (nSPS) is 11.4. The summed E-state index contributed by atoms with van der Waals surface area (Å²) < 4.78 is 16.8. The van der Waals surface area contributed by atoms with E-state index in [0.717, 1.165) is 21.9 Å². The molecule has 0 bridgehead atoms. The Bertz CT molecular complexity index is 1580. The molecule has 5 rings (SSSR count). The predicted molar refractivity (Wildman–Crippen MR) is 155 cm³/mol. The van der Waals surface area contributed by atoms with Gasteiger partial charge in [0.05, 0.1) is 19.6 Å². The summed E-state index contributed by atoms with van der Waals surface area (Å²) in [6.45, 7) is -0.260. The first kappa shape index (κ1) is 26.5. The quantitative estimate of drug-likeness (QED) is 0.170. The third kappa shape index (κ3) is 6.48. The fourth-order valence-corrected chi connectivity index (χ4v) is 4.59. The third-order valence-electron chi connectivity index (χ3n) is 6.51. The minimum absolute atomic E-state index is 0.162. The SMILES string of the molecule is COc1ccc([C@@H](NC(=O)Cc2ccccc2)c2c(OC(=O)COc3ccccc3)ccc3ccccc23)cc1. The molecule has 5 aromatic carbocycles. The molecule has 1 amide bonds. The number of benzene rings is 5. The van der Waals surface area contributed by atoms with E-state index in [1.54, 1.807) is 25.3 Å². The van der Waals surface area contributed by atoms with Crippen molar-refractivity contribution in [1.82, 2.24) is 5.32 Å². The van der Waals surface area contributed by atoms with Crippen molar-refractivity contribution in [2.75, 3.05) is 13.7 Å². The van der Waals surface area contributed by atoms with Crippen LogP contribution in [0, 0.1) is 0 Å². The molecule has 1 N–H and O–H groups in total. The molecule has 0 aromatic heterocycles. The van der Waals surface area contributed by atoms with Gasteiger partial charge in [0.25, 0.3) is 0 Å². The lowest BCUT2D eigenvalue weighted by atomic mass is 9.92. The average molecular weight is 532 g/mol. The van der Waals surface area contributed by atoms with Gasteiger partial charge in [0.2, 0.25) is 5.91 Å². The number of para-hydroxylation sites is 1. The van der Waals surface area contributed by atoms with Gasteiger partial charge in [-0.25, -0.2) is 4.79 Å². The number of ether oxygens (including phenoxy) is 3. The number of hydrogen-bond acceptors (Lipinski definition) is 5. The topological polar surface area (TPSA) is 73.9 Å². The van der Waals surface area contributed by atoms with Crippen molar-refractivity contribution in [1.29, 1.82) is 0 Å². The number of fused-ring (bicyclic) bond motifs is 1. The molecule has 0 aliphatic carbocycles. The highest BCUT2D eigenvalue weighted by Crippen LogP contribution is 2.37. The zero-order valence-electron chi connectivity index (χ0n) is 22.1. The van der Waals surface area contributed by atoms with Crippen LogP contribution in [0.5, 0.6) is 17.2 Å². The monoisotopic (exact) mass is 531 g/mol. The van der Waals surface area contributed by atoms with E-state index in [0.29, 0.717) is 22.8 Å². The molecule has 0 heterocycles. The van der Waals surface area contributed by atoms with Gasteiger partial charge in [0.1, 0.15) is 17.2 Å². The molecule has 5 aromatic rings. The minimum Gasteiger partial charge on any atom is -0.497 e. The average Bonchev–Trinajstić information content (AvgIpc) is 3.00. The van der Waals surface area contributed by atoms with Crippen LogP contribution in [0.25, 0.3) is 10.8 Å². The van der Waals surface area contributed by atoms with Crippen molar-refractivity contribution in [2.45, 2.75) is 12.5 Å². The first-order chi connectivity index (χ1) is 19.6. The Morgan fingerprint density at radius 3 is 2.12 bits per heavy atom. The zero-order chi connectivity index (χ0) is 27.7. The Morgan fingerprint density at radius 1 is 0.725 bits per heavy atom. The summed E-state index contributed by atoms with van der Waals surface area (Å²) in [5, 5.41) is 5.01. The minimum atomic E-state index is -0.605. The number of esters is 1. The maximum absolute atomic E-state index is 13.4. The number of methoxy groups -OCH3 is 1. The lowest BCUT2D eigenvalue weighted by molar-refractivity contribution is -0.136. The smallest absolute Gasteiger partial charge is 0.349 e. The van der Waals surface area contributed by atoms with Gasteiger partial charge >= 0.3 is 5.97 Å². The lowest BCUT2D eigenvalue weighted by Gasteiger charge is -2.24. The Labute approximate surface area is 233 Å². The van der Waals surface area contributed by atoms with Crippen LogP contribution < -0.4 is 19.5 Å². The highest BCUT2D eigenvalue weighted by molar-refractivity contribution is 5.91. The van der Waals surface area contributed by atoms with Gasteiger partial charge in [-0.2, -0.15) is 0 Å². The van der Waals surface area contributed by atoms with Crippen molar-refractivity contribution in [3.8, 4) is 17.2 Å². The maximum Gasteiger partial charge on any atom is 0.349 e. The zero-order valence-corrected chi connectivity index (χ0v) is 22.1. The molecule has 0 radical (unpaired) electrons. The highest BCUT2D eigenvalue weighted by Gasteiger charge is 2.25. The van der Waals surface area contributed by atoms with Crippen molar-refractivity contribution in [3.63, 3.8) is 0 Å². The third-order valence-corrected chi connectivity index (χ3v) is 6.51. The summed E-state index contributed by atoms with van der Waals surface area (Å²) in [7, 11) is 1.61. The predicted octanol–water partition coefficient (Wildman–Crippen LogP) is 6.28. The largest absolute Gasteiger partial charge is 0.497 e. The maximum atomic E-state index is 13.4. The van der Waals surface area contributed by atoms with E-state index in [1.165, 1.54) is 0 Å². The highest BCUT2D eigenvalue weighted by atomic mass is 16.6. The Kier molecular flexibility index (Phi) is 8.37. The number of hydrogen-bond donors (Lipinski definition) is 1. The van der Waals surface area contributed by atoms with Crippen LogP contribution in [-0.2, 0) is 16.0 Å². The molecule has 0 spiro atoms. The summed E-state index contributed by atoms with van der Waals surface area (Å²) >= 11 is 0. The van der Waals surface area contributed by atoms with E-state index >= 15 is 0 Å². The summed E-state index contributed by atoms with van der Waals surface area (Å²) in [6, 6.07) is 37.0. The Balaban J connectivity index is 1.52. The summed E-state index contributed by atoms with van der Waals surface area (Å²) in [6.07, 6.45) is 0.207. The Hall–Kier alpha value is -5.10. The second-order valence-corrected chi connectivity index (χ2v) is 9.21. The number of carbonyl (C=O) groups excluding carboxylic acids is 2. The number of carbonyl (C=O) groups is 2. The van der Waals surface area contributed by atoms with Crippen LogP contribution in [0.3, 0.4) is 0 Å². The van der Waals surface area contributed by atoms with Gasteiger partial charge in [0.15, 0.2) is 6.61 Å². The molecule has 200 valence electrons. The van der Waals surface area contributed by atoms with Crippen molar-refractivity contribution in [3.05, 3.63) is 138 Å². The second-order valence-electron chi connectivity index (χ2n) is 9.21. The van der Waals surface area contributed by atoms with Crippen molar-refractivity contribution >= 4 is 22.6 Å². The van der Waals surface area contributed by atoms with Crippen LogP contribution in [-0.4, -0.2) is 25.6 Å². The number of nitrogens with one attached hydrogen (secondary N) is 1. The van der Waals surface area contributed by atoms with E-state index in [2.05, 4.69) is 5.32 Å². The van der Waals surface area contributed by atoms with Crippen LogP contribution in [0.15, 0.2) is 121 Å². The molecule has 0 fully saturated rings. The fraction of sp³-hybridized carbons (Fsp3) is 0.118. The van der Waals surface area contributed by atoms with Crippen LogP contribution in [0.2, 0.25) is 0 Å². The van der Waals surface area contributed by atoms with Gasteiger partial charge in [-0.1, -0.05) is 91.0 Å². The van der Waals surface area contributed by atoms with E-state index in [1.807, 2.05) is 103 Å². The van der Waals surface area contributed by atoms with Crippen LogP contribution in [0.1, 0.15) is 22.7 Å². The molecule has 6 heteroatoms. The standard InChI is InChI=1S/C34H29NO5/c1-38-27-19-16-26(17-20-27)34(35-31(36)22-24-10-4-2-5-11-24)33-29-15-9-8-12-25(29)18-21-30(33)40-32(37)23-39-28-13-6-3-7-14-28/h2-21,34H,22-23H2,1H3,(H,35,36)/t34-/m1/s1. The van der Waals surface area contributed by atoms with Gasteiger partial charge < -0.3 is 19.5 Å². The van der Waals surface area contributed by atoms with E-state index in [4.69, 9.17) is 14.2 Å². The molecular weight excluding hydrogens is 502 g/mol. The van der Waals surface area contributed by atoms with E-state index in [-0.39, 0.29) is 18.9 Å². The van der Waals surface area contributed by atoms with E-state index < -0.39 is 12.0 Å². The first-order valence-corrected chi connectivity index (χ1v) is 13.0. The molecule has 0 saturated heterocycles. The van der Waals surface area contributed by atoms with Gasteiger partial charge in [-0.05, 0) is 52.2 Å². The lowest BCUT2D eigenvalue weighted by Crippen LogP contribution is -2.31. The molecule has 40 heavy (non-hydrogen) atoms. The molecule has 1 atom stereocenters.